The van der Waals surface area contributed by atoms with Crippen molar-refractivity contribution in [2.45, 2.75) is 40.0 Å². The molecule has 1 heterocycles. The van der Waals surface area contributed by atoms with E-state index in [0.29, 0.717) is 5.69 Å². The lowest BCUT2D eigenvalue weighted by atomic mass is 9.96. The van der Waals surface area contributed by atoms with Crippen molar-refractivity contribution in [1.82, 2.24) is 10.2 Å². The summed E-state index contributed by atoms with van der Waals surface area (Å²) in [6.45, 7) is 7.66. The van der Waals surface area contributed by atoms with E-state index in [1.807, 2.05) is 44.2 Å². The number of nitrogens with zero attached hydrogens (tertiary/aromatic N) is 1. The fourth-order valence-corrected chi connectivity index (χ4v) is 3.65. The Kier molecular flexibility index (Phi) is 6.98. The van der Waals surface area contributed by atoms with Gasteiger partial charge in [0.05, 0.1) is 7.11 Å². The number of carbonyl (C=O) groups is 3. The molecule has 0 aliphatic carbocycles. The van der Waals surface area contributed by atoms with Crippen LogP contribution in [0.2, 0.25) is 0 Å². The molecule has 7 nitrogen and oxygen atoms in total. The Bertz CT molecular complexity index is 1090. The molecule has 4 amide bonds. The van der Waals surface area contributed by atoms with Gasteiger partial charge in [-0.05, 0) is 65.8 Å². The van der Waals surface area contributed by atoms with Crippen LogP contribution in [0.4, 0.5) is 10.5 Å². The molecular weight excluding hydrogens is 406 g/mol. The smallest absolute Gasteiger partial charge is 0.329 e. The van der Waals surface area contributed by atoms with E-state index in [0.717, 1.165) is 39.3 Å². The quantitative estimate of drug-likeness (QED) is 0.503. The maximum atomic E-state index is 12.9. The van der Waals surface area contributed by atoms with Crippen molar-refractivity contribution < 1.29 is 19.1 Å². The molecule has 2 aromatic rings. The normalized spacial score (nSPS) is 14.8. The van der Waals surface area contributed by atoms with E-state index in [4.69, 9.17) is 4.74 Å². The number of anilines is 1. The first-order chi connectivity index (χ1) is 15.2. The Morgan fingerprint density at radius 2 is 1.94 bits per heavy atom. The molecule has 7 heteroatoms. The van der Waals surface area contributed by atoms with Gasteiger partial charge in [0.2, 0.25) is 5.91 Å². The van der Waals surface area contributed by atoms with Crippen molar-refractivity contribution in [1.29, 1.82) is 0 Å². The number of hydrogen-bond donors (Lipinski definition) is 2. The second-order valence-electron chi connectivity index (χ2n) is 8.04. The molecule has 0 atom stereocenters. The zero-order valence-electron chi connectivity index (χ0n) is 19.1. The van der Waals surface area contributed by atoms with E-state index in [1.54, 1.807) is 19.3 Å². The van der Waals surface area contributed by atoms with Gasteiger partial charge in [0.25, 0.3) is 5.91 Å². The summed E-state index contributed by atoms with van der Waals surface area (Å²) >= 11 is 0. The van der Waals surface area contributed by atoms with Crippen LogP contribution in [0, 0.1) is 6.92 Å². The van der Waals surface area contributed by atoms with Gasteiger partial charge in [-0.2, -0.15) is 0 Å². The molecule has 0 aromatic heterocycles. The summed E-state index contributed by atoms with van der Waals surface area (Å²) in [6.07, 6.45) is 2.40. The minimum atomic E-state index is -0.615. The number of benzene rings is 2. The Morgan fingerprint density at radius 1 is 1.22 bits per heavy atom. The fraction of sp³-hybridized carbons (Fsp3) is 0.320. The molecule has 1 saturated heterocycles. The number of amides is 4. The number of aryl methyl sites for hydroxylation is 2. The second kappa shape index (κ2) is 9.68. The van der Waals surface area contributed by atoms with Gasteiger partial charge in [0.1, 0.15) is 18.0 Å². The molecule has 3 rings (SSSR count). The third kappa shape index (κ3) is 4.82. The van der Waals surface area contributed by atoms with Gasteiger partial charge < -0.3 is 15.4 Å². The summed E-state index contributed by atoms with van der Waals surface area (Å²) in [6, 6.07) is 10.7. The summed E-state index contributed by atoms with van der Waals surface area (Å²) in [5.41, 5.74) is 4.52. The number of urea groups is 1. The Labute approximate surface area is 188 Å². The minimum absolute atomic E-state index is 0.139. The van der Waals surface area contributed by atoms with Crippen LogP contribution in [0.5, 0.6) is 5.75 Å². The predicted octanol–water partition coefficient (Wildman–Crippen LogP) is 4.22. The van der Waals surface area contributed by atoms with Crippen LogP contribution < -0.4 is 15.4 Å². The molecule has 1 aliphatic heterocycles. The first-order valence-electron chi connectivity index (χ1n) is 10.7. The average molecular weight is 436 g/mol. The molecule has 0 saturated carbocycles. The standard InChI is InChI=1S/C25H29N3O4/c1-6-17-9-7-8-10-20(17)26-23(29)14-28-24(30)21(27-25(28)31)13-18-12-19(15(2)3)22(32-5)11-16(18)4/h7-13,15H,6,14H2,1-5H3,(H,26,29)(H,27,31)/b21-13+. The third-order valence-corrected chi connectivity index (χ3v) is 5.48. The zero-order valence-corrected chi connectivity index (χ0v) is 19.1. The van der Waals surface area contributed by atoms with Crippen LogP contribution in [-0.2, 0) is 16.0 Å². The van der Waals surface area contributed by atoms with Gasteiger partial charge in [-0.3, -0.25) is 9.59 Å². The molecule has 1 fully saturated rings. The van der Waals surface area contributed by atoms with Gasteiger partial charge in [0.15, 0.2) is 0 Å². The molecule has 0 radical (unpaired) electrons. The molecule has 0 unspecified atom stereocenters. The van der Waals surface area contributed by atoms with Gasteiger partial charge in [-0.25, -0.2) is 9.69 Å². The Balaban J connectivity index is 1.79. The summed E-state index contributed by atoms with van der Waals surface area (Å²) in [5, 5.41) is 5.38. The van der Waals surface area contributed by atoms with E-state index in [1.165, 1.54) is 0 Å². The molecule has 2 aromatic carbocycles. The summed E-state index contributed by atoms with van der Waals surface area (Å²) in [4.78, 5) is 38.7. The second-order valence-corrected chi connectivity index (χ2v) is 8.04. The molecular formula is C25H29N3O4. The topological polar surface area (TPSA) is 87.7 Å². The molecule has 0 bridgehead atoms. The molecule has 168 valence electrons. The van der Waals surface area contributed by atoms with E-state index >= 15 is 0 Å². The number of methoxy groups -OCH3 is 1. The fourth-order valence-electron chi connectivity index (χ4n) is 3.65. The molecule has 32 heavy (non-hydrogen) atoms. The monoisotopic (exact) mass is 435 g/mol. The maximum Gasteiger partial charge on any atom is 0.329 e. The van der Waals surface area contributed by atoms with E-state index in [-0.39, 0.29) is 18.2 Å². The highest BCUT2D eigenvalue weighted by Gasteiger charge is 2.35. The number of ether oxygens (including phenoxy) is 1. The van der Waals surface area contributed by atoms with Crippen molar-refractivity contribution >= 4 is 29.6 Å². The number of hydrogen-bond acceptors (Lipinski definition) is 4. The maximum absolute atomic E-state index is 12.9. The van der Waals surface area contributed by atoms with Crippen LogP contribution in [0.1, 0.15) is 48.9 Å². The third-order valence-electron chi connectivity index (χ3n) is 5.48. The van der Waals surface area contributed by atoms with Crippen LogP contribution in [-0.4, -0.2) is 36.4 Å². The number of carbonyl (C=O) groups excluding carboxylic acids is 3. The number of para-hydroxylation sites is 1. The first-order valence-corrected chi connectivity index (χ1v) is 10.7. The van der Waals surface area contributed by atoms with Crippen LogP contribution in [0.25, 0.3) is 6.08 Å². The largest absolute Gasteiger partial charge is 0.496 e. The van der Waals surface area contributed by atoms with Gasteiger partial charge in [-0.1, -0.05) is 39.0 Å². The highest BCUT2D eigenvalue weighted by atomic mass is 16.5. The predicted molar refractivity (Wildman–Crippen MR) is 124 cm³/mol. The number of rotatable bonds is 7. The first kappa shape index (κ1) is 23.1. The SMILES string of the molecule is CCc1ccccc1NC(=O)CN1C(=O)N/C(=C/c2cc(C(C)C)c(OC)cc2C)C1=O. The summed E-state index contributed by atoms with van der Waals surface area (Å²) in [7, 11) is 1.63. The van der Waals surface area contributed by atoms with Crippen LogP contribution in [0.3, 0.4) is 0 Å². The van der Waals surface area contributed by atoms with Crippen molar-refractivity contribution in [3.8, 4) is 5.75 Å². The summed E-state index contributed by atoms with van der Waals surface area (Å²) < 4.78 is 5.47. The van der Waals surface area contributed by atoms with Crippen LogP contribution in [0.15, 0.2) is 42.1 Å². The Hall–Kier alpha value is -3.61. The lowest BCUT2D eigenvalue weighted by Gasteiger charge is -2.15. The zero-order chi connectivity index (χ0) is 23.4. The van der Waals surface area contributed by atoms with E-state index in [2.05, 4.69) is 24.5 Å². The molecule has 0 spiro atoms. The highest BCUT2D eigenvalue weighted by molar-refractivity contribution is 6.16. The van der Waals surface area contributed by atoms with Crippen molar-refractivity contribution in [3.63, 3.8) is 0 Å². The van der Waals surface area contributed by atoms with Gasteiger partial charge in [-0.15, -0.1) is 0 Å². The van der Waals surface area contributed by atoms with Gasteiger partial charge >= 0.3 is 6.03 Å². The van der Waals surface area contributed by atoms with Gasteiger partial charge in [0, 0.05) is 5.69 Å². The number of imide groups is 1. The lowest BCUT2D eigenvalue weighted by Crippen LogP contribution is -2.38. The molecule has 1 aliphatic rings. The van der Waals surface area contributed by atoms with Crippen LogP contribution >= 0.6 is 0 Å². The van der Waals surface area contributed by atoms with E-state index < -0.39 is 17.8 Å². The average Bonchev–Trinajstić information content (AvgIpc) is 3.02. The molecule has 2 N–H and O–H groups in total. The number of nitrogens with one attached hydrogen (secondary N) is 2. The summed E-state index contributed by atoms with van der Waals surface area (Å²) in [5.74, 6) is 0.0449. The minimum Gasteiger partial charge on any atom is -0.496 e. The van der Waals surface area contributed by atoms with Crippen molar-refractivity contribution in [3.05, 3.63) is 64.3 Å². The van der Waals surface area contributed by atoms with Crippen molar-refractivity contribution in [2.75, 3.05) is 19.0 Å². The van der Waals surface area contributed by atoms with E-state index in [9.17, 15) is 14.4 Å². The Morgan fingerprint density at radius 3 is 2.59 bits per heavy atom. The lowest BCUT2D eigenvalue weighted by molar-refractivity contribution is -0.127. The highest BCUT2D eigenvalue weighted by Crippen LogP contribution is 2.31. The van der Waals surface area contributed by atoms with Crippen molar-refractivity contribution in [2.24, 2.45) is 0 Å².